The highest BCUT2D eigenvalue weighted by Crippen LogP contribution is 2.19. The van der Waals surface area contributed by atoms with Gasteiger partial charge in [-0.3, -0.25) is 0 Å². The summed E-state index contributed by atoms with van der Waals surface area (Å²) in [5, 5.41) is 0. The van der Waals surface area contributed by atoms with Gasteiger partial charge in [-0.05, 0) is 60.6 Å². The van der Waals surface area contributed by atoms with Gasteiger partial charge in [-0.2, -0.15) is 0 Å². The van der Waals surface area contributed by atoms with E-state index in [1.165, 1.54) is 119 Å². The summed E-state index contributed by atoms with van der Waals surface area (Å²) in [5.41, 5.74) is 12.3. The van der Waals surface area contributed by atoms with E-state index in [1.54, 1.807) is 0 Å². The SMILES string of the molecule is CCCCCCCCCCCCCCCCc1ccc(Cc2ccc(N)cc2)cc1C. The fraction of sp³-hybridized carbons (Fsp3) is 0.600. The Morgan fingerprint density at radius 3 is 1.58 bits per heavy atom. The van der Waals surface area contributed by atoms with Gasteiger partial charge < -0.3 is 5.73 Å². The highest BCUT2D eigenvalue weighted by molar-refractivity contribution is 5.41. The van der Waals surface area contributed by atoms with E-state index >= 15 is 0 Å². The maximum atomic E-state index is 5.79. The molecule has 2 rings (SSSR count). The summed E-state index contributed by atoms with van der Waals surface area (Å²) in [6.45, 7) is 4.56. The van der Waals surface area contributed by atoms with Gasteiger partial charge in [0.1, 0.15) is 0 Å². The maximum absolute atomic E-state index is 5.79. The summed E-state index contributed by atoms with van der Waals surface area (Å²) in [4.78, 5) is 0. The Labute approximate surface area is 192 Å². The van der Waals surface area contributed by atoms with Crippen LogP contribution < -0.4 is 5.73 Å². The Balaban J connectivity index is 1.49. The Bertz CT molecular complexity index is 701. The largest absolute Gasteiger partial charge is 0.399 e. The molecule has 0 saturated carbocycles. The first kappa shape index (κ1) is 25.5. The molecule has 0 aliphatic heterocycles. The number of hydrogen-bond acceptors (Lipinski definition) is 1. The van der Waals surface area contributed by atoms with Crippen LogP contribution in [0, 0.1) is 6.92 Å². The standard InChI is InChI=1S/C30H47N/c1-3-4-5-6-7-8-9-10-11-12-13-14-15-16-17-29-21-18-28(24-26(29)2)25-27-19-22-30(31)23-20-27/h18-24H,3-17,25,31H2,1-2H3. The lowest BCUT2D eigenvalue weighted by Gasteiger charge is -2.09. The van der Waals surface area contributed by atoms with Gasteiger partial charge in [0.15, 0.2) is 0 Å². The zero-order chi connectivity index (χ0) is 22.2. The third-order valence-corrected chi connectivity index (χ3v) is 6.59. The number of rotatable bonds is 17. The van der Waals surface area contributed by atoms with Crippen molar-refractivity contribution in [1.82, 2.24) is 0 Å². The normalized spacial score (nSPS) is 11.2. The third kappa shape index (κ3) is 11.4. The van der Waals surface area contributed by atoms with Crippen molar-refractivity contribution >= 4 is 5.69 Å². The van der Waals surface area contributed by atoms with E-state index < -0.39 is 0 Å². The minimum atomic E-state index is 0.837. The van der Waals surface area contributed by atoms with E-state index in [-0.39, 0.29) is 0 Å². The van der Waals surface area contributed by atoms with Gasteiger partial charge in [0.05, 0.1) is 0 Å². The van der Waals surface area contributed by atoms with Crippen molar-refractivity contribution in [3.05, 3.63) is 64.7 Å². The van der Waals surface area contributed by atoms with Crippen LogP contribution >= 0.6 is 0 Å². The molecule has 0 unspecified atom stereocenters. The lowest BCUT2D eigenvalue weighted by Crippen LogP contribution is -1.95. The lowest BCUT2D eigenvalue weighted by molar-refractivity contribution is 0.535. The molecule has 0 spiro atoms. The van der Waals surface area contributed by atoms with Gasteiger partial charge in [-0.25, -0.2) is 0 Å². The highest BCUT2D eigenvalue weighted by atomic mass is 14.5. The van der Waals surface area contributed by atoms with Crippen molar-refractivity contribution in [1.29, 1.82) is 0 Å². The number of nitrogen functional groups attached to an aromatic ring is 1. The molecule has 1 heteroatoms. The Morgan fingerprint density at radius 2 is 1.06 bits per heavy atom. The number of hydrogen-bond donors (Lipinski definition) is 1. The zero-order valence-electron chi connectivity index (χ0n) is 20.4. The third-order valence-electron chi connectivity index (χ3n) is 6.59. The molecule has 0 aliphatic carbocycles. The summed E-state index contributed by atoms with van der Waals surface area (Å²) in [6.07, 6.45) is 22.2. The van der Waals surface area contributed by atoms with Crippen LogP contribution in [-0.2, 0) is 12.8 Å². The topological polar surface area (TPSA) is 26.0 Å². The summed E-state index contributed by atoms with van der Waals surface area (Å²) >= 11 is 0. The molecule has 0 aliphatic rings. The average molecular weight is 422 g/mol. The second kappa shape index (κ2) is 16.0. The Hall–Kier alpha value is -1.76. The number of nitrogens with two attached hydrogens (primary N) is 1. The first-order valence-electron chi connectivity index (χ1n) is 13.1. The van der Waals surface area contributed by atoms with Crippen LogP contribution in [0.3, 0.4) is 0 Å². The van der Waals surface area contributed by atoms with Crippen LogP contribution in [-0.4, -0.2) is 0 Å². The number of aryl methyl sites for hydroxylation is 2. The molecule has 172 valence electrons. The van der Waals surface area contributed by atoms with Crippen LogP contribution in [0.15, 0.2) is 42.5 Å². The monoisotopic (exact) mass is 421 g/mol. The average Bonchev–Trinajstić information content (AvgIpc) is 2.77. The van der Waals surface area contributed by atoms with E-state index in [1.807, 2.05) is 12.1 Å². The highest BCUT2D eigenvalue weighted by Gasteiger charge is 2.03. The molecule has 2 aromatic carbocycles. The summed E-state index contributed by atoms with van der Waals surface area (Å²) < 4.78 is 0. The molecule has 0 fully saturated rings. The van der Waals surface area contributed by atoms with E-state index in [0.717, 1.165) is 12.1 Å². The van der Waals surface area contributed by atoms with Gasteiger partial charge in [0.2, 0.25) is 0 Å². The van der Waals surface area contributed by atoms with Crippen molar-refractivity contribution in [2.45, 2.75) is 117 Å². The van der Waals surface area contributed by atoms with Crippen LogP contribution in [0.25, 0.3) is 0 Å². The van der Waals surface area contributed by atoms with Crippen molar-refractivity contribution in [3.8, 4) is 0 Å². The quantitative estimate of drug-likeness (QED) is 0.200. The van der Waals surface area contributed by atoms with Gasteiger partial charge in [0, 0.05) is 5.69 Å². The molecular weight excluding hydrogens is 374 g/mol. The zero-order valence-corrected chi connectivity index (χ0v) is 20.4. The van der Waals surface area contributed by atoms with Gasteiger partial charge in [0.25, 0.3) is 0 Å². The Kier molecular flexibility index (Phi) is 13.1. The molecule has 31 heavy (non-hydrogen) atoms. The van der Waals surface area contributed by atoms with Crippen molar-refractivity contribution in [2.24, 2.45) is 0 Å². The van der Waals surface area contributed by atoms with Gasteiger partial charge in [-0.1, -0.05) is 121 Å². The molecule has 0 saturated heterocycles. The molecule has 0 aromatic heterocycles. The molecule has 0 bridgehead atoms. The molecule has 0 heterocycles. The van der Waals surface area contributed by atoms with Crippen LogP contribution in [0.5, 0.6) is 0 Å². The molecule has 2 aromatic rings. The van der Waals surface area contributed by atoms with E-state index in [4.69, 9.17) is 5.73 Å². The fourth-order valence-corrected chi connectivity index (χ4v) is 4.53. The fourth-order valence-electron chi connectivity index (χ4n) is 4.53. The summed E-state index contributed by atoms with van der Waals surface area (Å²) in [6, 6.07) is 15.3. The van der Waals surface area contributed by atoms with Crippen molar-refractivity contribution < 1.29 is 0 Å². The van der Waals surface area contributed by atoms with Gasteiger partial charge >= 0.3 is 0 Å². The number of anilines is 1. The molecule has 2 N–H and O–H groups in total. The molecule has 0 atom stereocenters. The van der Waals surface area contributed by atoms with Crippen molar-refractivity contribution in [2.75, 3.05) is 5.73 Å². The summed E-state index contributed by atoms with van der Waals surface area (Å²) in [5.74, 6) is 0. The van der Waals surface area contributed by atoms with Crippen molar-refractivity contribution in [3.63, 3.8) is 0 Å². The number of benzene rings is 2. The molecule has 0 amide bonds. The number of unbranched alkanes of at least 4 members (excludes halogenated alkanes) is 13. The summed E-state index contributed by atoms with van der Waals surface area (Å²) in [7, 11) is 0. The van der Waals surface area contributed by atoms with E-state index in [2.05, 4.69) is 44.2 Å². The van der Waals surface area contributed by atoms with Crippen LogP contribution in [0.2, 0.25) is 0 Å². The lowest BCUT2D eigenvalue weighted by atomic mass is 9.96. The minimum Gasteiger partial charge on any atom is -0.399 e. The van der Waals surface area contributed by atoms with E-state index in [0.29, 0.717) is 0 Å². The second-order valence-corrected chi connectivity index (χ2v) is 9.53. The minimum absolute atomic E-state index is 0.837. The van der Waals surface area contributed by atoms with E-state index in [9.17, 15) is 0 Å². The first-order valence-corrected chi connectivity index (χ1v) is 13.1. The second-order valence-electron chi connectivity index (χ2n) is 9.53. The predicted molar refractivity (Wildman–Crippen MR) is 139 cm³/mol. The molecule has 0 radical (unpaired) electrons. The maximum Gasteiger partial charge on any atom is 0.0314 e. The smallest absolute Gasteiger partial charge is 0.0314 e. The van der Waals surface area contributed by atoms with Crippen LogP contribution in [0.4, 0.5) is 5.69 Å². The Morgan fingerprint density at radius 1 is 0.581 bits per heavy atom. The predicted octanol–water partition coefficient (Wildman–Crippen LogP) is 9.19. The molecular formula is C30H47N. The van der Waals surface area contributed by atoms with Gasteiger partial charge in [-0.15, -0.1) is 0 Å². The molecule has 1 nitrogen and oxygen atoms in total. The van der Waals surface area contributed by atoms with Crippen LogP contribution in [0.1, 0.15) is 119 Å². The first-order chi connectivity index (χ1) is 15.2.